The van der Waals surface area contributed by atoms with Gasteiger partial charge in [-0.2, -0.15) is 4.98 Å². The van der Waals surface area contributed by atoms with E-state index in [1.165, 1.54) is 0 Å². The summed E-state index contributed by atoms with van der Waals surface area (Å²) in [5, 5.41) is 0.658. The number of rotatable bonds is 4. The lowest BCUT2D eigenvalue weighted by Gasteiger charge is -2.27. The largest absolute Gasteiger partial charge is 0.378 e. The second-order valence-electron chi connectivity index (χ2n) is 6.41. The van der Waals surface area contributed by atoms with E-state index in [1.807, 2.05) is 36.1 Å². The maximum atomic E-state index is 12.8. The van der Waals surface area contributed by atoms with Crippen LogP contribution in [0.1, 0.15) is 5.56 Å². The van der Waals surface area contributed by atoms with Crippen LogP contribution in [0.2, 0.25) is 0 Å². The summed E-state index contributed by atoms with van der Waals surface area (Å²) in [4.78, 5) is 11.3. The fourth-order valence-corrected chi connectivity index (χ4v) is 3.97. The summed E-state index contributed by atoms with van der Waals surface area (Å²) in [5.41, 5.74) is 1.69. The maximum absolute atomic E-state index is 12.8. The van der Waals surface area contributed by atoms with Gasteiger partial charge in [-0.1, -0.05) is 29.8 Å². The average Bonchev–Trinajstić information content (AvgIpc) is 2.69. The van der Waals surface area contributed by atoms with Crippen LogP contribution in [0.4, 0.5) is 11.8 Å². The van der Waals surface area contributed by atoms with E-state index in [0.29, 0.717) is 43.2 Å². The first-order valence-corrected chi connectivity index (χ1v) is 10.2. The molecule has 140 valence electrons. The Balaban J connectivity index is 1.76. The standard InChI is InChI=1S/C19H20N4O3S/c1-14-6-8-15(9-7-14)27(24,25)22-18-16-4-2-3-5-17(16)20-19(21-18)23-10-12-26-13-11-23/h2-9H,10-13H2,1H3,(H,20,21,22). The van der Waals surface area contributed by atoms with Gasteiger partial charge in [-0.25, -0.2) is 13.4 Å². The predicted molar refractivity (Wildman–Crippen MR) is 105 cm³/mol. The molecule has 0 bridgehead atoms. The molecule has 27 heavy (non-hydrogen) atoms. The van der Waals surface area contributed by atoms with Gasteiger partial charge in [0, 0.05) is 18.5 Å². The number of hydrogen-bond donors (Lipinski definition) is 1. The molecule has 1 fully saturated rings. The highest BCUT2D eigenvalue weighted by molar-refractivity contribution is 7.92. The summed E-state index contributed by atoms with van der Waals surface area (Å²) in [6.07, 6.45) is 0. The second kappa shape index (κ2) is 7.13. The molecular formula is C19H20N4O3S. The Morgan fingerprint density at radius 2 is 1.70 bits per heavy atom. The molecule has 0 aliphatic carbocycles. The lowest BCUT2D eigenvalue weighted by atomic mass is 10.2. The summed E-state index contributed by atoms with van der Waals surface area (Å²) >= 11 is 0. The molecule has 0 spiro atoms. The normalized spacial score (nSPS) is 15.1. The van der Waals surface area contributed by atoms with Gasteiger partial charge in [0.2, 0.25) is 5.95 Å². The number of nitrogens with zero attached hydrogens (tertiary/aromatic N) is 3. The number of benzene rings is 2. The van der Waals surface area contributed by atoms with Crippen LogP contribution in [0, 0.1) is 6.92 Å². The van der Waals surface area contributed by atoms with Crippen molar-refractivity contribution < 1.29 is 13.2 Å². The van der Waals surface area contributed by atoms with Crippen LogP contribution >= 0.6 is 0 Å². The molecule has 2 aromatic carbocycles. The van der Waals surface area contributed by atoms with Gasteiger partial charge >= 0.3 is 0 Å². The highest BCUT2D eigenvalue weighted by atomic mass is 32.2. The Bertz CT molecular complexity index is 1060. The van der Waals surface area contributed by atoms with E-state index in [9.17, 15) is 8.42 Å². The van der Waals surface area contributed by atoms with E-state index in [4.69, 9.17) is 4.74 Å². The quantitative estimate of drug-likeness (QED) is 0.744. The molecule has 0 radical (unpaired) electrons. The average molecular weight is 384 g/mol. The molecule has 1 aliphatic rings. The van der Waals surface area contributed by atoms with Gasteiger partial charge in [-0.3, -0.25) is 4.72 Å². The first-order chi connectivity index (χ1) is 13.0. The highest BCUT2D eigenvalue weighted by Gasteiger charge is 2.20. The number of fused-ring (bicyclic) bond motifs is 1. The monoisotopic (exact) mass is 384 g/mol. The van der Waals surface area contributed by atoms with Gasteiger partial charge < -0.3 is 9.64 Å². The van der Waals surface area contributed by atoms with E-state index in [2.05, 4.69) is 14.7 Å². The lowest BCUT2D eigenvalue weighted by Crippen LogP contribution is -2.37. The molecule has 0 atom stereocenters. The minimum atomic E-state index is -3.75. The number of aryl methyl sites for hydroxylation is 1. The summed E-state index contributed by atoms with van der Waals surface area (Å²) in [5.74, 6) is 0.779. The lowest BCUT2D eigenvalue weighted by molar-refractivity contribution is 0.122. The molecule has 8 heteroatoms. The topological polar surface area (TPSA) is 84.4 Å². The summed E-state index contributed by atoms with van der Waals surface area (Å²) in [6.45, 7) is 4.45. The highest BCUT2D eigenvalue weighted by Crippen LogP contribution is 2.26. The van der Waals surface area contributed by atoms with E-state index in [-0.39, 0.29) is 10.7 Å². The summed E-state index contributed by atoms with van der Waals surface area (Å²) in [6, 6.07) is 14.1. The Morgan fingerprint density at radius 1 is 1.00 bits per heavy atom. The van der Waals surface area contributed by atoms with Gasteiger partial charge in [-0.15, -0.1) is 0 Å². The van der Waals surface area contributed by atoms with Gasteiger partial charge in [0.15, 0.2) is 5.82 Å². The van der Waals surface area contributed by atoms with Crippen molar-refractivity contribution in [2.75, 3.05) is 35.9 Å². The van der Waals surface area contributed by atoms with Gasteiger partial charge in [0.25, 0.3) is 10.0 Å². The molecule has 1 aromatic heterocycles. The fourth-order valence-electron chi connectivity index (χ4n) is 2.95. The van der Waals surface area contributed by atoms with E-state index >= 15 is 0 Å². The zero-order valence-electron chi connectivity index (χ0n) is 14.9. The summed E-state index contributed by atoms with van der Waals surface area (Å²) < 4.78 is 33.7. The van der Waals surface area contributed by atoms with Crippen molar-refractivity contribution >= 4 is 32.7 Å². The Hall–Kier alpha value is -2.71. The maximum Gasteiger partial charge on any atom is 0.263 e. The molecule has 3 aromatic rings. The number of ether oxygens (including phenoxy) is 1. The number of nitrogens with one attached hydrogen (secondary N) is 1. The Morgan fingerprint density at radius 3 is 2.44 bits per heavy atom. The molecule has 0 amide bonds. The molecule has 0 saturated carbocycles. The molecule has 0 unspecified atom stereocenters. The SMILES string of the molecule is Cc1ccc(S(=O)(=O)Nc2nc(N3CCOCC3)nc3ccccc23)cc1. The number of sulfonamides is 1. The molecule has 4 rings (SSSR count). The number of anilines is 2. The van der Waals surface area contributed by atoms with Crippen molar-refractivity contribution in [3.8, 4) is 0 Å². The number of morpholine rings is 1. The first kappa shape index (κ1) is 17.7. The van der Waals surface area contributed by atoms with Crippen LogP contribution < -0.4 is 9.62 Å². The summed E-state index contributed by atoms with van der Waals surface area (Å²) in [7, 11) is -3.75. The van der Waals surface area contributed by atoms with Crippen molar-refractivity contribution in [3.63, 3.8) is 0 Å². The van der Waals surface area contributed by atoms with Gasteiger partial charge in [-0.05, 0) is 31.2 Å². The Labute approximate surface area is 158 Å². The minimum Gasteiger partial charge on any atom is -0.378 e. The molecule has 1 aliphatic heterocycles. The Kier molecular flexibility index (Phi) is 4.67. The molecular weight excluding hydrogens is 364 g/mol. The van der Waals surface area contributed by atoms with Crippen LogP contribution in [0.3, 0.4) is 0 Å². The van der Waals surface area contributed by atoms with Gasteiger partial charge in [0.05, 0.1) is 23.6 Å². The van der Waals surface area contributed by atoms with Crippen LogP contribution in [-0.4, -0.2) is 44.7 Å². The zero-order chi connectivity index (χ0) is 18.9. The van der Waals surface area contributed by atoms with E-state index < -0.39 is 10.0 Å². The van der Waals surface area contributed by atoms with Crippen LogP contribution in [-0.2, 0) is 14.8 Å². The zero-order valence-corrected chi connectivity index (χ0v) is 15.7. The van der Waals surface area contributed by atoms with Crippen molar-refractivity contribution in [3.05, 3.63) is 54.1 Å². The number of para-hydroxylation sites is 1. The molecule has 7 nitrogen and oxygen atoms in total. The van der Waals surface area contributed by atoms with Crippen LogP contribution in [0.25, 0.3) is 10.9 Å². The van der Waals surface area contributed by atoms with Gasteiger partial charge in [0.1, 0.15) is 0 Å². The van der Waals surface area contributed by atoms with Crippen molar-refractivity contribution in [1.82, 2.24) is 9.97 Å². The fraction of sp³-hybridized carbons (Fsp3) is 0.263. The molecule has 1 N–H and O–H groups in total. The third-order valence-electron chi connectivity index (χ3n) is 4.45. The molecule has 2 heterocycles. The predicted octanol–water partition coefficient (Wildman–Crippen LogP) is 2.58. The number of aromatic nitrogens is 2. The third-order valence-corrected chi connectivity index (χ3v) is 5.80. The van der Waals surface area contributed by atoms with Crippen LogP contribution in [0.5, 0.6) is 0 Å². The van der Waals surface area contributed by atoms with Crippen molar-refractivity contribution in [2.45, 2.75) is 11.8 Å². The molecule has 1 saturated heterocycles. The number of hydrogen-bond acceptors (Lipinski definition) is 6. The van der Waals surface area contributed by atoms with Crippen LogP contribution in [0.15, 0.2) is 53.4 Å². The van der Waals surface area contributed by atoms with E-state index in [0.717, 1.165) is 5.56 Å². The third kappa shape index (κ3) is 3.72. The van der Waals surface area contributed by atoms with Crippen molar-refractivity contribution in [1.29, 1.82) is 0 Å². The van der Waals surface area contributed by atoms with E-state index in [1.54, 1.807) is 24.3 Å². The second-order valence-corrected chi connectivity index (χ2v) is 8.09. The first-order valence-electron chi connectivity index (χ1n) is 8.72. The van der Waals surface area contributed by atoms with Crippen molar-refractivity contribution in [2.24, 2.45) is 0 Å². The minimum absolute atomic E-state index is 0.198. The smallest absolute Gasteiger partial charge is 0.263 e.